The fraction of sp³-hybridized carbons (Fsp3) is 0.167. The van der Waals surface area contributed by atoms with Crippen molar-refractivity contribution in [3.8, 4) is 6.07 Å². The van der Waals surface area contributed by atoms with Crippen molar-refractivity contribution < 1.29 is 0 Å². The van der Waals surface area contributed by atoms with Crippen LogP contribution in [0.1, 0.15) is 16.0 Å². The van der Waals surface area contributed by atoms with Crippen molar-refractivity contribution in [1.82, 2.24) is 4.98 Å². The van der Waals surface area contributed by atoms with E-state index in [2.05, 4.69) is 32.3 Å². The van der Waals surface area contributed by atoms with Crippen molar-refractivity contribution in [3.05, 3.63) is 43.3 Å². The van der Waals surface area contributed by atoms with Crippen molar-refractivity contribution in [2.45, 2.75) is 13.5 Å². The van der Waals surface area contributed by atoms with Gasteiger partial charge in [-0.05, 0) is 40.5 Å². The van der Waals surface area contributed by atoms with Gasteiger partial charge in [0.25, 0.3) is 0 Å². The number of nitrogens with one attached hydrogen (secondary N) is 1. The lowest BCUT2D eigenvalue weighted by Gasteiger charge is -2.11. The molecule has 0 fully saturated rings. The van der Waals surface area contributed by atoms with Crippen molar-refractivity contribution in [1.29, 1.82) is 5.26 Å². The molecular formula is C12H9BrClN3S. The van der Waals surface area contributed by atoms with Crippen LogP contribution in [0.2, 0.25) is 4.47 Å². The predicted molar refractivity (Wildman–Crippen MR) is 78.0 cm³/mol. The van der Waals surface area contributed by atoms with Gasteiger partial charge >= 0.3 is 0 Å². The number of halogens is 2. The van der Waals surface area contributed by atoms with Gasteiger partial charge in [-0.15, -0.1) is 11.3 Å². The van der Waals surface area contributed by atoms with E-state index in [1.54, 1.807) is 12.3 Å². The van der Waals surface area contributed by atoms with Crippen LogP contribution in [0.25, 0.3) is 0 Å². The molecule has 1 heterocycles. The van der Waals surface area contributed by atoms with E-state index in [-0.39, 0.29) is 0 Å². The van der Waals surface area contributed by atoms with Gasteiger partial charge in [-0.1, -0.05) is 11.6 Å². The van der Waals surface area contributed by atoms with E-state index in [9.17, 15) is 0 Å². The second-order valence-electron chi connectivity index (χ2n) is 3.69. The fourth-order valence-corrected chi connectivity index (χ4v) is 3.19. The van der Waals surface area contributed by atoms with E-state index >= 15 is 0 Å². The van der Waals surface area contributed by atoms with Crippen LogP contribution in [-0.2, 0) is 6.54 Å². The minimum Gasteiger partial charge on any atom is -0.379 e. The summed E-state index contributed by atoms with van der Waals surface area (Å²) in [4.78, 5) is 5.06. The molecule has 1 aromatic carbocycles. The zero-order valence-electron chi connectivity index (χ0n) is 9.50. The zero-order valence-corrected chi connectivity index (χ0v) is 12.7. The maximum absolute atomic E-state index is 8.88. The maximum atomic E-state index is 8.88. The van der Waals surface area contributed by atoms with Crippen molar-refractivity contribution >= 4 is 44.6 Å². The minimum atomic E-state index is 0.544. The Balaban J connectivity index is 2.17. The lowest BCUT2D eigenvalue weighted by molar-refractivity contribution is 1.16. The standard InChI is InChI=1S/C12H9BrClN3S/c1-7-2-8(4-15)3-10(13)11(7)16-5-9-6-17-12(14)18-9/h2-3,6,16H,5H2,1H3. The van der Waals surface area contributed by atoms with Gasteiger partial charge in [0.2, 0.25) is 0 Å². The molecule has 1 aromatic heterocycles. The first kappa shape index (κ1) is 13.3. The van der Waals surface area contributed by atoms with Crippen LogP contribution < -0.4 is 5.32 Å². The van der Waals surface area contributed by atoms with E-state index in [0.29, 0.717) is 16.6 Å². The third-order valence-corrected chi connectivity index (χ3v) is 4.12. The molecule has 0 unspecified atom stereocenters. The maximum Gasteiger partial charge on any atom is 0.183 e. The molecule has 3 nitrogen and oxygen atoms in total. The van der Waals surface area contributed by atoms with Crippen LogP contribution in [0.4, 0.5) is 5.69 Å². The number of hydrogen-bond donors (Lipinski definition) is 1. The second-order valence-corrected chi connectivity index (χ2v) is 6.25. The Labute approximate surface area is 123 Å². The minimum absolute atomic E-state index is 0.544. The first-order chi connectivity index (χ1) is 8.60. The lowest BCUT2D eigenvalue weighted by Crippen LogP contribution is -2.01. The molecular weight excluding hydrogens is 334 g/mol. The van der Waals surface area contributed by atoms with Gasteiger partial charge in [0.05, 0.1) is 23.9 Å². The first-order valence-electron chi connectivity index (χ1n) is 5.14. The lowest BCUT2D eigenvalue weighted by atomic mass is 10.1. The molecule has 2 aromatic rings. The Hall–Kier alpha value is -1.09. The van der Waals surface area contributed by atoms with Gasteiger partial charge in [0.15, 0.2) is 4.47 Å². The predicted octanol–water partition coefficient (Wildman–Crippen LogP) is 4.35. The molecule has 0 saturated carbocycles. The first-order valence-corrected chi connectivity index (χ1v) is 7.13. The topological polar surface area (TPSA) is 48.7 Å². The largest absolute Gasteiger partial charge is 0.379 e. The van der Waals surface area contributed by atoms with Crippen molar-refractivity contribution in [2.75, 3.05) is 5.32 Å². The average molecular weight is 343 g/mol. The second kappa shape index (κ2) is 5.70. The van der Waals surface area contributed by atoms with Gasteiger partial charge in [-0.3, -0.25) is 0 Å². The Morgan fingerprint density at radius 3 is 2.89 bits per heavy atom. The smallest absolute Gasteiger partial charge is 0.183 e. The van der Waals surface area contributed by atoms with Gasteiger partial charge in [-0.2, -0.15) is 5.26 Å². The molecule has 0 aliphatic carbocycles. The number of rotatable bonds is 3. The molecule has 0 radical (unpaired) electrons. The Bertz CT molecular complexity index is 595. The summed E-state index contributed by atoms with van der Waals surface area (Å²) in [7, 11) is 0. The van der Waals surface area contributed by atoms with E-state index in [1.807, 2.05) is 13.0 Å². The number of benzene rings is 1. The molecule has 2 rings (SSSR count). The highest BCUT2D eigenvalue weighted by Gasteiger charge is 2.07. The Morgan fingerprint density at radius 2 is 2.33 bits per heavy atom. The van der Waals surface area contributed by atoms with Gasteiger partial charge in [0.1, 0.15) is 0 Å². The van der Waals surface area contributed by atoms with Gasteiger partial charge in [-0.25, -0.2) is 4.98 Å². The molecule has 1 N–H and O–H groups in total. The number of anilines is 1. The molecule has 6 heteroatoms. The SMILES string of the molecule is Cc1cc(C#N)cc(Br)c1NCc1cnc(Cl)s1. The number of hydrogen-bond acceptors (Lipinski definition) is 4. The number of nitriles is 1. The van der Waals surface area contributed by atoms with Crippen molar-refractivity contribution in [2.24, 2.45) is 0 Å². The summed E-state index contributed by atoms with van der Waals surface area (Å²) in [5, 5.41) is 12.2. The van der Waals surface area contributed by atoms with Crippen LogP contribution in [0.15, 0.2) is 22.8 Å². The van der Waals surface area contributed by atoms with Crippen LogP contribution >= 0.6 is 38.9 Å². The highest BCUT2D eigenvalue weighted by atomic mass is 79.9. The number of thiazole rings is 1. The molecule has 0 spiro atoms. The number of aryl methyl sites for hydroxylation is 1. The van der Waals surface area contributed by atoms with E-state index in [0.717, 1.165) is 20.6 Å². The van der Waals surface area contributed by atoms with Crippen molar-refractivity contribution in [3.63, 3.8) is 0 Å². The van der Waals surface area contributed by atoms with Crippen LogP contribution in [0.5, 0.6) is 0 Å². The molecule has 0 saturated heterocycles. The van der Waals surface area contributed by atoms with Crippen LogP contribution in [-0.4, -0.2) is 4.98 Å². The Morgan fingerprint density at radius 1 is 1.56 bits per heavy atom. The van der Waals surface area contributed by atoms with Gasteiger partial charge < -0.3 is 5.32 Å². The summed E-state index contributed by atoms with van der Waals surface area (Å²) in [6.45, 7) is 2.63. The van der Waals surface area contributed by atoms with E-state index in [4.69, 9.17) is 16.9 Å². The average Bonchev–Trinajstić information content (AvgIpc) is 2.73. The molecule has 0 amide bonds. The summed E-state index contributed by atoms with van der Waals surface area (Å²) in [5.74, 6) is 0. The molecule has 18 heavy (non-hydrogen) atoms. The zero-order chi connectivity index (χ0) is 13.1. The molecule has 0 aliphatic rings. The molecule has 92 valence electrons. The highest BCUT2D eigenvalue weighted by Crippen LogP contribution is 2.29. The third-order valence-electron chi connectivity index (χ3n) is 2.38. The fourth-order valence-electron chi connectivity index (χ4n) is 1.57. The molecule has 0 atom stereocenters. The quantitative estimate of drug-likeness (QED) is 0.902. The normalized spacial score (nSPS) is 10.1. The van der Waals surface area contributed by atoms with Crippen LogP contribution in [0.3, 0.4) is 0 Å². The Kier molecular flexibility index (Phi) is 4.23. The third kappa shape index (κ3) is 3.02. The molecule has 0 bridgehead atoms. The van der Waals surface area contributed by atoms with E-state index < -0.39 is 0 Å². The summed E-state index contributed by atoms with van der Waals surface area (Å²) in [6.07, 6.45) is 1.76. The summed E-state index contributed by atoms with van der Waals surface area (Å²) < 4.78 is 1.43. The van der Waals surface area contributed by atoms with E-state index in [1.165, 1.54) is 11.3 Å². The monoisotopic (exact) mass is 341 g/mol. The summed E-state index contributed by atoms with van der Waals surface area (Å²) in [6, 6.07) is 5.78. The number of nitrogens with zero attached hydrogens (tertiary/aromatic N) is 2. The highest BCUT2D eigenvalue weighted by molar-refractivity contribution is 9.10. The van der Waals surface area contributed by atoms with Crippen LogP contribution in [0, 0.1) is 18.3 Å². The van der Waals surface area contributed by atoms with Gasteiger partial charge in [0, 0.05) is 15.5 Å². The summed E-state index contributed by atoms with van der Waals surface area (Å²) >= 11 is 10.7. The molecule has 0 aliphatic heterocycles. The summed E-state index contributed by atoms with van der Waals surface area (Å²) in [5.41, 5.74) is 2.65. The number of aromatic nitrogens is 1.